The monoisotopic (exact) mass is 297 g/mol. The van der Waals surface area contributed by atoms with E-state index in [0.29, 0.717) is 12.5 Å². The summed E-state index contributed by atoms with van der Waals surface area (Å²) in [5, 5.41) is 3.15. The van der Waals surface area contributed by atoms with Gasteiger partial charge in [0.1, 0.15) is 5.82 Å². The highest BCUT2D eigenvalue weighted by atomic mass is 16.1. The molecule has 6 heteroatoms. The van der Waals surface area contributed by atoms with Gasteiger partial charge in [-0.15, -0.1) is 0 Å². The predicted octanol–water partition coefficient (Wildman–Crippen LogP) is 2.25. The van der Waals surface area contributed by atoms with Gasteiger partial charge in [-0.3, -0.25) is 9.78 Å². The van der Waals surface area contributed by atoms with E-state index < -0.39 is 0 Å². The zero-order valence-electron chi connectivity index (χ0n) is 12.5. The minimum atomic E-state index is -0.121. The summed E-state index contributed by atoms with van der Waals surface area (Å²) in [4.78, 5) is 26.5. The fourth-order valence-electron chi connectivity index (χ4n) is 2.40. The molecule has 22 heavy (non-hydrogen) atoms. The summed E-state index contributed by atoms with van der Waals surface area (Å²) in [6.07, 6.45) is 2.51. The molecule has 0 bridgehead atoms. The fraction of sp³-hybridized carbons (Fsp3) is 0.312. The van der Waals surface area contributed by atoms with E-state index in [4.69, 9.17) is 0 Å². The van der Waals surface area contributed by atoms with Crippen LogP contribution in [0.3, 0.4) is 0 Å². The summed E-state index contributed by atoms with van der Waals surface area (Å²) in [7, 11) is 0. The molecular weight excluding hydrogens is 278 g/mol. The standard InChI is InChI=1S/C16H19N5O/c1-2-5-11-10-15(22)21-16(18-11)17-9-8-14-19-12-6-3-4-7-13(12)20-14/h3-4,6-7,10H,2,5,8-9H2,1H3,(H,19,20)(H2,17,18,21,22). The molecule has 2 heterocycles. The van der Waals surface area contributed by atoms with Crippen LogP contribution in [0, 0.1) is 0 Å². The molecule has 0 saturated carbocycles. The van der Waals surface area contributed by atoms with Crippen LogP contribution in [-0.2, 0) is 12.8 Å². The van der Waals surface area contributed by atoms with Gasteiger partial charge in [-0.2, -0.15) is 0 Å². The van der Waals surface area contributed by atoms with Crippen LogP contribution < -0.4 is 10.9 Å². The highest BCUT2D eigenvalue weighted by molar-refractivity contribution is 5.74. The number of anilines is 1. The van der Waals surface area contributed by atoms with Crippen molar-refractivity contribution in [3.63, 3.8) is 0 Å². The molecule has 6 nitrogen and oxygen atoms in total. The van der Waals surface area contributed by atoms with Crippen LogP contribution in [0.25, 0.3) is 11.0 Å². The zero-order chi connectivity index (χ0) is 15.4. The van der Waals surface area contributed by atoms with E-state index in [9.17, 15) is 4.79 Å². The summed E-state index contributed by atoms with van der Waals surface area (Å²) in [5.74, 6) is 1.44. The Balaban J connectivity index is 1.64. The third kappa shape index (κ3) is 3.33. The molecular formula is C16H19N5O. The van der Waals surface area contributed by atoms with Gasteiger partial charge in [0.2, 0.25) is 5.95 Å². The number of imidazole rings is 1. The third-order valence-electron chi connectivity index (χ3n) is 3.39. The van der Waals surface area contributed by atoms with E-state index in [0.717, 1.165) is 41.8 Å². The normalized spacial score (nSPS) is 11.0. The van der Waals surface area contributed by atoms with Crippen molar-refractivity contribution in [1.82, 2.24) is 19.9 Å². The second-order valence-corrected chi connectivity index (χ2v) is 5.21. The number of aromatic amines is 2. The van der Waals surface area contributed by atoms with Crippen molar-refractivity contribution in [2.45, 2.75) is 26.2 Å². The smallest absolute Gasteiger partial charge is 0.252 e. The van der Waals surface area contributed by atoms with Gasteiger partial charge in [0, 0.05) is 24.7 Å². The van der Waals surface area contributed by atoms with Crippen LogP contribution in [0.4, 0.5) is 5.95 Å². The van der Waals surface area contributed by atoms with E-state index in [1.54, 1.807) is 6.07 Å². The second kappa shape index (κ2) is 6.43. The third-order valence-corrected chi connectivity index (χ3v) is 3.39. The first-order valence-electron chi connectivity index (χ1n) is 7.52. The van der Waals surface area contributed by atoms with Crippen LogP contribution in [0.1, 0.15) is 24.9 Å². The van der Waals surface area contributed by atoms with Crippen molar-refractivity contribution in [1.29, 1.82) is 0 Å². The maximum absolute atomic E-state index is 11.6. The Hall–Kier alpha value is -2.63. The first kappa shape index (κ1) is 14.3. The summed E-state index contributed by atoms with van der Waals surface area (Å²) in [6.45, 7) is 2.72. The first-order chi connectivity index (χ1) is 10.7. The van der Waals surface area contributed by atoms with E-state index in [1.807, 2.05) is 24.3 Å². The Morgan fingerprint density at radius 2 is 2.00 bits per heavy atom. The zero-order valence-corrected chi connectivity index (χ0v) is 12.5. The summed E-state index contributed by atoms with van der Waals surface area (Å²) in [6, 6.07) is 9.49. The van der Waals surface area contributed by atoms with Crippen LogP contribution in [0.5, 0.6) is 0 Å². The number of para-hydroxylation sites is 2. The maximum Gasteiger partial charge on any atom is 0.252 e. The maximum atomic E-state index is 11.6. The molecule has 3 rings (SSSR count). The molecule has 0 atom stereocenters. The predicted molar refractivity (Wildman–Crippen MR) is 87.1 cm³/mol. The lowest BCUT2D eigenvalue weighted by atomic mass is 10.2. The second-order valence-electron chi connectivity index (χ2n) is 5.21. The number of hydrogen-bond acceptors (Lipinski definition) is 4. The molecule has 0 amide bonds. The van der Waals surface area contributed by atoms with E-state index >= 15 is 0 Å². The van der Waals surface area contributed by atoms with Crippen LogP contribution in [0.2, 0.25) is 0 Å². The van der Waals surface area contributed by atoms with Crippen molar-refractivity contribution in [3.05, 3.63) is 52.2 Å². The molecule has 0 aliphatic rings. The molecule has 0 radical (unpaired) electrons. The number of fused-ring (bicyclic) bond motifs is 1. The lowest BCUT2D eigenvalue weighted by Gasteiger charge is -2.05. The molecule has 0 fully saturated rings. The van der Waals surface area contributed by atoms with Gasteiger partial charge < -0.3 is 10.3 Å². The largest absolute Gasteiger partial charge is 0.355 e. The van der Waals surface area contributed by atoms with Crippen LogP contribution in [-0.4, -0.2) is 26.5 Å². The number of hydrogen-bond donors (Lipinski definition) is 3. The number of nitrogens with one attached hydrogen (secondary N) is 3. The SMILES string of the molecule is CCCc1cc(=O)[nH]c(NCCc2nc3ccccc3[nH]2)n1. The number of rotatable bonds is 6. The van der Waals surface area contributed by atoms with Crippen molar-refractivity contribution in [2.24, 2.45) is 0 Å². The van der Waals surface area contributed by atoms with Crippen molar-refractivity contribution < 1.29 is 0 Å². The summed E-state index contributed by atoms with van der Waals surface area (Å²) < 4.78 is 0. The van der Waals surface area contributed by atoms with Gasteiger partial charge in [-0.25, -0.2) is 9.97 Å². The van der Waals surface area contributed by atoms with E-state index in [-0.39, 0.29) is 5.56 Å². The number of nitrogens with zero attached hydrogens (tertiary/aromatic N) is 2. The number of aromatic nitrogens is 4. The first-order valence-corrected chi connectivity index (χ1v) is 7.52. The average molecular weight is 297 g/mol. The quantitative estimate of drug-likeness (QED) is 0.651. The highest BCUT2D eigenvalue weighted by Gasteiger charge is 2.03. The van der Waals surface area contributed by atoms with Gasteiger partial charge in [0.05, 0.1) is 11.0 Å². The van der Waals surface area contributed by atoms with E-state index in [2.05, 4.69) is 32.2 Å². The van der Waals surface area contributed by atoms with Gasteiger partial charge in [-0.05, 0) is 18.6 Å². The minimum Gasteiger partial charge on any atom is -0.355 e. The lowest BCUT2D eigenvalue weighted by molar-refractivity contribution is 0.857. The molecule has 3 N–H and O–H groups in total. The average Bonchev–Trinajstić information content (AvgIpc) is 2.89. The van der Waals surface area contributed by atoms with Gasteiger partial charge in [0.25, 0.3) is 5.56 Å². The molecule has 0 saturated heterocycles. The van der Waals surface area contributed by atoms with E-state index in [1.165, 1.54) is 0 Å². The summed E-state index contributed by atoms with van der Waals surface area (Å²) in [5.41, 5.74) is 2.70. The lowest BCUT2D eigenvalue weighted by Crippen LogP contribution is -2.16. The number of benzene rings is 1. The van der Waals surface area contributed by atoms with Crippen molar-refractivity contribution >= 4 is 17.0 Å². The molecule has 0 unspecified atom stereocenters. The van der Waals surface area contributed by atoms with Crippen LogP contribution in [0.15, 0.2) is 35.1 Å². The number of aryl methyl sites for hydroxylation is 1. The van der Waals surface area contributed by atoms with Crippen molar-refractivity contribution in [3.8, 4) is 0 Å². The molecule has 1 aromatic carbocycles. The molecule has 0 aliphatic carbocycles. The Morgan fingerprint density at radius 1 is 1.14 bits per heavy atom. The van der Waals surface area contributed by atoms with Crippen molar-refractivity contribution in [2.75, 3.05) is 11.9 Å². The Labute approximate surface area is 128 Å². The van der Waals surface area contributed by atoms with Crippen LogP contribution >= 0.6 is 0 Å². The summed E-state index contributed by atoms with van der Waals surface area (Å²) >= 11 is 0. The molecule has 0 spiro atoms. The van der Waals surface area contributed by atoms with Gasteiger partial charge in [-0.1, -0.05) is 25.5 Å². The molecule has 3 aromatic rings. The highest BCUT2D eigenvalue weighted by Crippen LogP contribution is 2.10. The Morgan fingerprint density at radius 3 is 2.82 bits per heavy atom. The molecule has 114 valence electrons. The molecule has 0 aliphatic heterocycles. The van der Waals surface area contributed by atoms with Gasteiger partial charge in [0.15, 0.2) is 0 Å². The Bertz CT molecular complexity index is 788. The number of H-pyrrole nitrogens is 2. The molecule has 2 aromatic heterocycles. The minimum absolute atomic E-state index is 0.121. The van der Waals surface area contributed by atoms with Gasteiger partial charge >= 0.3 is 0 Å². The Kier molecular flexibility index (Phi) is 4.18. The fourth-order valence-corrected chi connectivity index (χ4v) is 2.40. The topological polar surface area (TPSA) is 86.5 Å².